The first-order valence-electron chi connectivity index (χ1n) is 7.31. The van der Waals surface area contributed by atoms with Gasteiger partial charge in [-0.3, -0.25) is 0 Å². The summed E-state index contributed by atoms with van der Waals surface area (Å²) in [5, 5.41) is 13.0. The summed E-state index contributed by atoms with van der Waals surface area (Å²) in [6.07, 6.45) is 0.798. The van der Waals surface area contributed by atoms with E-state index in [1.807, 2.05) is 45.0 Å². The average Bonchev–Trinajstić information content (AvgIpc) is 2.43. The van der Waals surface area contributed by atoms with E-state index in [1.165, 1.54) is 0 Å². The second-order valence-electron chi connectivity index (χ2n) is 5.28. The maximum atomic E-state index is 9.79. The quantitative estimate of drug-likeness (QED) is 0.730. The molecule has 1 rings (SSSR count). The van der Waals surface area contributed by atoms with Gasteiger partial charge in [-0.1, -0.05) is 13.0 Å². The molecule has 0 aliphatic carbocycles. The molecule has 1 aromatic carbocycles. The third kappa shape index (κ3) is 6.78. The predicted octanol–water partition coefficient (Wildman–Crippen LogP) is 3.06. The van der Waals surface area contributed by atoms with Crippen LogP contribution < -0.4 is 10.1 Å². The highest BCUT2D eigenvalue weighted by molar-refractivity contribution is 5.48. The minimum atomic E-state index is -0.517. The van der Waals surface area contributed by atoms with Gasteiger partial charge in [-0.2, -0.15) is 0 Å². The minimum absolute atomic E-state index is 0.136. The Hall–Kier alpha value is -1.26. The van der Waals surface area contributed by atoms with Gasteiger partial charge in [-0.05, 0) is 39.3 Å². The fraction of sp³-hybridized carbons (Fsp3) is 0.625. The van der Waals surface area contributed by atoms with E-state index in [-0.39, 0.29) is 12.2 Å². The molecule has 0 amide bonds. The topological polar surface area (TPSA) is 50.7 Å². The lowest BCUT2D eigenvalue weighted by Gasteiger charge is -2.16. The molecule has 0 fully saturated rings. The number of hydrogen-bond acceptors (Lipinski definition) is 4. The van der Waals surface area contributed by atoms with Crippen molar-refractivity contribution in [2.45, 2.75) is 52.4 Å². The van der Waals surface area contributed by atoms with Gasteiger partial charge < -0.3 is 19.9 Å². The second kappa shape index (κ2) is 8.82. The molecule has 0 heterocycles. The fourth-order valence-electron chi connectivity index (χ4n) is 1.59. The lowest BCUT2D eigenvalue weighted by atomic mass is 10.2. The summed E-state index contributed by atoms with van der Waals surface area (Å²) in [5.41, 5.74) is 0.939. The zero-order chi connectivity index (χ0) is 15.0. The van der Waals surface area contributed by atoms with Gasteiger partial charge in [0.1, 0.15) is 5.75 Å². The highest BCUT2D eigenvalue weighted by atomic mass is 16.5. The number of rotatable bonds is 9. The number of nitrogens with one attached hydrogen (secondary N) is 1. The van der Waals surface area contributed by atoms with Crippen molar-refractivity contribution in [1.82, 2.24) is 0 Å². The summed E-state index contributed by atoms with van der Waals surface area (Å²) >= 11 is 0. The van der Waals surface area contributed by atoms with Crippen LogP contribution in [0.2, 0.25) is 0 Å². The van der Waals surface area contributed by atoms with Crippen LogP contribution in [0.5, 0.6) is 5.75 Å². The van der Waals surface area contributed by atoms with Crippen molar-refractivity contribution in [3.63, 3.8) is 0 Å². The Bertz CT molecular complexity index is 382. The highest BCUT2D eigenvalue weighted by Crippen LogP contribution is 2.19. The van der Waals surface area contributed by atoms with E-state index in [2.05, 4.69) is 12.2 Å². The SMILES string of the molecule is CCC(C)Oc1cccc(NCC(O)COC(C)C)c1. The Morgan fingerprint density at radius 3 is 2.65 bits per heavy atom. The molecule has 0 bridgehead atoms. The van der Waals surface area contributed by atoms with Crippen LogP contribution in [0, 0.1) is 0 Å². The third-order valence-electron chi connectivity index (χ3n) is 2.91. The smallest absolute Gasteiger partial charge is 0.121 e. The summed E-state index contributed by atoms with van der Waals surface area (Å²) < 4.78 is 11.1. The molecule has 0 saturated heterocycles. The Kier molecular flexibility index (Phi) is 7.41. The van der Waals surface area contributed by atoms with Gasteiger partial charge in [0.15, 0.2) is 0 Å². The van der Waals surface area contributed by atoms with E-state index in [0.717, 1.165) is 17.9 Å². The first-order chi connectivity index (χ1) is 9.51. The zero-order valence-electron chi connectivity index (χ0n) is 12.9. The summed E-state index contributed by atoms with van der Waals surface area (Å²) in [6, 6.07) is 7.79. The van der Waals surface area contributed by atoms with Crippen LogP contribution in [0.1, 0.15) is 34.1 Å². The molecule has 4 heteroatoms. The van der Waals surface area contributed by atoms with E-state index in [1.54, 1.807) is 0 Å². The highest BCUT2D eigenvalue weighted by Gasteiger charge is 2.06. The average molecular weight is 281 g/mol. The molecule has 0 radical (unpaired) electrons. The Morgan fingerprint density at radius 2 is 2.00 bits per heavy atom. The van der Waals surface area contributed by atoms with Crippen LogP contribution in [0.25, 0.3) is 0 Å². The first-order valence-corrected chi connectivity index (χ1v) is 7.31. The van der Waals surface area contributed by atoms with Gasteiger partial charge in [-0.15, -0.1) is 0 Å². The Balaban J connectivity index is 2.41. The first kappa shape index (κ1) is 16.8. The molecule has 114 valence electrons. The van der Waals surface area contributed by atoms with Gasteiger partial charge in [-0.25, -0.2) is 0 Å². The summed E-state index contributed by atoms with van der Waals surface area (Å²) in [7, 11) is 0. The lowest BCUT2D eigenvalue weighted by molar-refractivity contribution is 0.0112. The Labute approximate surface area is 122 Å². The van der Waals surface area contributed by atoms with E-state index in [4.69, 9.17) is 9.47 Å². The molecule has 4 nitrogen and oxygen atoms in total. The van der Waals surface area contributed by atoms with E-state index >= 15 is 0 Å². The molecule has 1 aromatic rings. The number of aliphatic hydroxyl groups excluding tert-OH is 1. The largest absolute Gasteiger partial charge is 0.491 e. The summed E-state index contributed by atoms with van der Waals surface area (Å²) in [5.74, 6) is 0.845. The third-order valence-corrected chi connectivity index (χ3v) is 2.91. The van der Waals surface area contributed by atoms with Gasteiger partial charge in [0, 0.05) is 18.3 Å². The molecule has 2 N–H and O–H groups in total. The molecule has 0 aliphatic rings. The van der Waals surface area contributed by atoms with E-state index in [9.17, 15) is 5.11 Å². The van der Waals surface area contributed by atoms with Gasteiger partial charge in [0.2, 0.25) is 0 Å². The van der Waals surface area contributed by atoms with Gasteiger partial charge in [0.25, 0.3) is 0 Å². The Morgan fingerprint density at radius 1 is 1.25 bits per heavy atom. The number of hydrogen-bond donors (Lipinski definition) is 2. The normalized spacial score (nSPS) is 14.1. The van der Waals surface area contributed by atoms with Crippen LogP contribution in [0.3, 0.4) is 0 Å². The number of ether oxygens (including phenoxy) is 2. The van der Waals surface area contributed by atoms with Crippen molar-refractivity contribution in [3.05, 3.63) is 24.3 Å². The molecule has 0 aliphatic heterocycles. The number of benzene rings is 1. The second-order valence-corrected chi connectivity index (χ2v) is 5.28. The maximum Gasteiger partial charge on any atom is 0.121 e. The van der Waals surface area contributed by atoms with Crippen molar-refractivity contribution in [3.8, 4) is 5.75 Å². The monoisotopic (exact) mass is 281 g/mol. The van der Waals surface area contributed by atoms with Crippen LogP contribution in [0.4, 0.5) is 5.69 Å². The van der Waals surface area contributed by atoms with Crippen molar-refractivity contribution in [1.29, 1.82) is 0 Å². The van der Waals surface area contributed by atoms with Crippen LogP contribution in [-0.2, 0) is 4.74 Å². The lowest BCUT2D eigenvalue weighted by Crippen LogP contribution is -2.26. The molecule has 2 unspecified atom stereocenters. The van der Waals surface area contributed by atoms with Crippen LogP contribution in [0.15, 0.2) is 24.3 Å². The standard InChI is InChI=1S/C16H27NO3/c1-5-13(4)20-16-8-6-7-14(9-16)17-10-15(18)11-19-12(2)3/h6-9,12-13,15,17-18H,5,10-11H2,1-4H3. The molecule has 2 atom stereocenters. The predicted molar refractivity (Wildman–Crippen MR) is 82.4 cm³/mol. The minimum Gasteiger partial charge on any atom is -0.491 e. The van der Waals surface area contributed by atoms with Gasteiger partial charge >= 0.3 is 0 Å². The summed E-state index contributed by atoms with van der Waals surface area (Å²) in [4.78, 5) is 0. The fourth-order valence-corrected chi connectivity index (χ4v) is 1.59. The number of anilines is 1. The molecule has 20 heavy (non-hydrogen) atoms. The molecule has 0 saturated carbocycles. The maximum absolute atomic E-state index is 9.79. The molecular weight excluding hydrogens is 254 g/mol. The zero-order valence-corrected chi connectivity index (χ0v) is 12.9. The van der Waals surface area contributed by atoms with Crippen molar-refractivity contribution < 1.29 is 14.6 Å². The van der Waals surface area contributed by atoms with E-state index < -0.39 is 6.10 Å². The summed E-state index contributed by atoms with van der Waals surface area (Å²) in [6.45, 7) is 8.85. The van der Waals surface area contributed by atoms with Crippen molar-refractivity contribution in [2.75, 3.05) is 18.5 Å². The molecular formula is C16H27NO3. The number of aliphatic hydroxyl groups is 1. The van der Waals surface area contributed by atoms with Crippen LogP contribution >= 0.6 is 0 Å². The molecule has 0 spiro atoms. The van der Waals surface area contributed by atoms with E-state index in [0.29, 0.717) is 13.2 Å². The van der Waals surface area contributed by atoms with Gasteiger partial charge in [0.05, 0.1) is 24.9 Å². The molecule has 0 aromatic heterocycles. The van der Waals surface area contributed by atoms with Crippen molar-refractivity contribution >= 4 is 5.69 Å². The van der Waals surface area contributed by atoms with Crippen molar-refractivity contribution in [2.24, 2.45) is 0 Å². The van der Waals surface area contributed by atoms with Crippen LogP contribution in [-0.4, -0.2) is 36.6 Å².